The van der Waals surface area contributed by atoms with Gasteiger partial charge < -0.3 is 20.1 Å². The number of aromatic nitrogens is 1. The number of phenolic OH excluding ortho intramolecular Hbond substituents is 1. The van der Waals surface area contributed by atoms with E-state index in [1.807, 2.05) is 25.1 Å². The fourth-order valence-corrected chi connectivity index (χ4v) is 3.97. The topological polar surface area (TPSA) is 74.7 Å². The molecule has 1 fully saturated rings. The third-order valence-electron chi connectivity index (χ3n) is 4.31. The monoisotopic (exact) mass is 369 g/mol. The maximum atomic E-state index is 12.4. The van der Waals surface area contributed by atoms with Gasteiger partial charge in [-0.25, -0.2) is 4.98 Å². The number of nitrogens with zero attached hydrogens (tertiary/aromatic N) is 2. The van der Waals surface area contributed by atoms with Gasteiger partial charge in [-0.2, -0.15) is 0 Å². The Labute approximate surface area is 155 Å². The summed E-state index contributed by atoms with van der Waals surface area (Å²) >= 11 is 1.60. The second-order valence-corrected chi connectivity index (χ2v) is 7.26. The Morgan fingerprint density at radius 1 is 1.23 bits per heavy atom. The Hall–Kier alpha value is -2.64. The molecular formula is C19H19N3O3S. The van der Waals surface area contributed by atoms with Gasteiger partial charge in [-0.1, -0.05) is 17.4 Å². The molecular weight excluding hydrogens is 350 g/mol. The van der Waals surface area contributed by atoms with Crippen LogP contribution in [-0.4, -0.2) is 42.3 Å². The fourth-order valence-electron chi connectivity index (χ4n) is 2.91. The lowest BCUT2D eigenvalue weighted by Gasteiger charge is -2.25. The van der Waals surface area contributed by atoms with Crippen LogP contribution < -0.4 is 10.2 Å². The molecule has 134 valence electrons. The Bertz CT molecular complexity index is 964. The molecule has 6 nitrogen and oxygen atoms in total. The van der Waals surface area contributed by atoms with Crippen molar-refractivity contribution >= 4 is 38.3 Å². The van der Waals surface area contributed by atoms with Crippen LogP contribution in [0.3, 0.4) is 0 Å². The van der Waals surface area contributed by atoms with Gasteiger partial charge in [0.05, 0.1) is 29.0 Å². The number of carbonyl (C=O) groups is 1. The summed E-state index contributed by atoms with van der Waals surface area (Å²) in [5.41, 5.74) is 2.75. The summed E-state index contributed by atoms with van der Waals surface area (Å²) in [5.74, 6) is -0.351. The normalized spacial score (nSPS) is 14.6. The van der Waals surface area contributed by atoms with Crippen LogP contribution in [0.1, 0.15) is 15.9 Å². The lowest BCUT2D eigenvalue weighted by atomic mass is 10.1. The first-order chi connectivity index (χ1) is 12.6. The number of fused-ring (bicyclic) bond motifs is 1. The van der Waals surface area contributed by atoms with Crippen LogP contribution in [0.2, 0.25) is 0 Å². The van der Waals surface area contributed by atoms with Gasteiger partial charge in [0.15, 0.2) is 5.13 Å². The molecule has 1 aliphatic rings. The number of hydrogen-bond donors (Lipinski definition) is 2. The quantitative estimate of drug-likeness (QED) is 0.740. The van der Waals surface area contributed by atoms with Crippen molar-refractivity contribution in [1.82, 2.24) is 4.98 Å². The molecule has 2 aromatic carbocycles. The van der Waals surface area contributed by atoms with Crippen molar-refractivity contribution in [2.24, 2.45) is 0 Å². The largest absolute Gasteiger partial charge is 0.507 e. The minimum absolute atomic E-state index is 0.0176. The average Bonchev–Trinajstić information content (AvgIpc) is 3.05. The minimum Gasteiger partial charge on any atom is -0.507 e. The maximum absolute atomic E-state index is 12.4. The third kappa shape index (κ3) is 3.36. The Morgan fingerprint density at radius 2 is 2.04 bits per heavy atom. The molecule has 0 saturated carbocycles. The van der Waals surface area contributed by atoms with Crippen LogP contribution in [0.15, 0.2) is 36.4 Å². The van der Waals surface area contributed by atoms with E-state index in [1.54, 1.807) is 29.5 Å². The molecule has 0 radical (unpaired) electrons. The van der Waals surface area contributed by atoms with Crippen LogP contribution in [0.4, 0.5) is 10.8 Å². The first-order valence-corrected chi connectivity index (χ1v) is 9.26. The lowest BCUT2D eigenvalue weighted by Crippen LogP contribution is -2.36. The van der Waals surface area contributed by atoms with Crippen LogP contribution in [0.25, 0.3) is 10.2 Å². The molecule has 3 aromatic rings. The molecule has 1 saturated heterocycles. The number of rotatable bonds is 3. The predicted molar refractivity (Wildman–Crippen MR) is 103 cm³/mol. The van der Waals surface area contributed by atoms with Crippen LogP contribution in [0, 0.1) is 6.92 Å². The van der Waals surface area contributed by atoms with E-state index in [4.69, 9.17) is 4.74 Å². The van der Waals surface area contributed by atoms with Gasteiger partial charge in [-0.15, -0.1) is 0 Å². The number of amides is 1. The summed E-state index contributed by atoms with van der Waals surface area (Å²) in [6.45, 7) is 4.99. The Kier molecular flexibility index (Phi) is 4.48. The van der Waals surface area contributed by atoms with Gasteiger partial charge >= 0.3 is 0 Å². The number of anilines is 2. The molecule has 2 N–H and O–H groups in total. The van der Waals surface area contributed by atoms with Crippen molar-refractivity contribution < 1.29 is 14.6 Å². The minimum atomic E-state index is -0.334. The standard InChI is InChI=1S/C19H19N3O3S/c1-12-2-4-14(16(23)10-12)18(24)20-13-3-5-15-17(11-13)26-19(21-15)22-6-8-25-9-7-22/h2-5,10-11,23H,6-9H2,1H3,(H,20,24). The van der Waals surface area contributed by atoms with Crippen molar-refractivity contribution in [1.29, 1.82) is 0 Å². The van der Waals surface area contributed by atoms with Crippen molar-refractivity contribution in [3.05, 3.63) is 47.5 Å². The third-order valence-corrected chi connectivity index (χ3v) is 5.39. The van der Waals surface area contributed by atoms with Crippen molar-refractivity contribution in [3.8, 4) is 5.75 Å². The number of phenols is 1. The zero-order chi connectivity index (χ0) is 18.1. The predicted octanol–water partition coefficient (Wildman–Crippen LogP) is 3.40. The molecule has 26 heavy (non-hydrogen) atoms. The lowest BCUT2D eigenvalue weighted by molar-refractivity contribution is 0.102. The number of nitrogens with one attached hydrogen (secondary N) is 1. The van der Waals surface area contributed by atoms with Crippen LogP contribution >= 0.6 is 11.3 Å². The number of hydrogen-bond acceptors (Lipinski definition) is 6. The van der Waals surface area contributed by atoms with Gasteiger partial charge in [0.25, 0.3) is 5.91 Å². The van der Waals surface area contributed by atoms with Crippen molar-refractivity contribution in [3.63, 3.8) is 0 Å². The van der Waals surface area contributed by atoms with Gasteiger partial charge in [-0.05, 0) is 42.8 Å². The molecule has 4 rings (SSSR count). The van der Waals surface area contributed by atoms with Crippen LogP contribution in [-0.2, 0) is 4.74 Å². The first kappa shape index (κ1) is 16.8. The highest BCUT2D eigenvalue weighted by Gasteiger charge is 2.16. The van der Waals surface area contributed by atoms with Gasteiger partial charge in [-0.3, -0.25) is 4.79 Å². The molecule has 2 heterocycles. The highest BCUT2D eigenvalue weighted by Crippen LogP contribution is 2.31. The highest BCUT2D eigenvalue weighted by atomic mass is 32.1. The summed E-state index contributed by atoms with van der Waals surface area (Å²) < 4.78 is 6.40. The van der Waals surface area contributed by atoms with Gasteiger partial charge in [0, 0.05) is 18.8 Å². The SMILES string of the molecule is Cc1ccc(C(=O)Nc2ccc3nc(N4CCOCC4)sc3c2)c(O)c1. The summed E-state index contributed by atoms with van der Waals surface area (Å²) in [6.07, 6.45) is 0. The molecule has 0 aliphatic carbocycles. The van der Waals surface area contributed by atoms with Gasteiger partial charge in [0.1, 0.15) is 5.75 Å². The zero-order valence-electron chi connectivity index (χ0n) is 14.4. The number of carbonyl (C=O) groups excluding carboxylic acids is 1. The summed E-state index contributed by atoms with van der Waals surface area (Å²) in [7, 11) is 0. The van der Waals surface area contributed by atoms with E-state index in [0.29, 0.717) is 5.69 Å². The molecule has 0 atom stereocenters. The van der Waals surface area contributed by atoms with E-state index >= 15 is 0 Å². The smallest absolute Gasteiger partial charge is 0.259 e. The van der Waals surface area contributed by atoms with E-state index in [2.05, 4.69) is 15.2 Å². The van der Waals surface area contributed by atoms with Gasteiger partial charge in [0.2, 0.25) is 0 Å². The molecule has 0 bridgehead atoms. The zero-order valence-corrected chi connectivity index (χ0v) is 15.2. The average molecular weight is 369 g/mol. The van der Waals surface area contributed by atoms with E-state index < -0.39 is 0 Å². The fraction of sp³-hybridized carbons (Fsp3) is 0.263. The summed E-state index contributed by atoms with van der Waals surface area (Å²) in [4.78, 5) is 19.3. The Balaban J connectivity index is 1.56. The second kappa shape index (κ2) is 6.93. The van der Waals surface area contributed by atoms with E-state index in [1.165, 1.54) is 0 Å². The second-order valence-electron chi connectivity index (χ2n) is 6.25. The number of aryl methyl sites for hydroxylation is 1. The number of ether oxygens (including phenoxy) is 1. The molecule has 0 unspecified atom stereocenters. The molecule has 7 heteroatoms. The summed E-state index contributed by atoms with van der Waals surface area (Å²) in [6, 6.07) is 10.7. The van der Waals surface area contributed by atoms with Crippen LogP contribution in [0.5, 0.6) is 5.75 Å². The molecule has 1 aromatic heterocycles. The maximum Gasteiger partial charge on any atom is 0.259 e. The molecule has 1 amide bonds. The Morgan fingerprint density at radius 3 is 2.81 bits per heavy atom. The first-order valence-electron chi connectivity index (χ1n) is 8.44. The summed E-state index contributed by atoms with van der Waals surface area (Å²) in [5, 5.41) is 13.8. The molecule has 0 spiro atoms. The number of morpholine rings is 1. The van der Waals surface area contributed by atoms with E-state index in [9.17, 15) is 9.90 Å². The number of benzene rings is 2. The number of thiazole rings is 1. The number of aromatic hydroxyl groups is 1. The van der Waals surface area contributed by atoms with E-state index in [0.717, 1.165) is 47.2 Å². The van der Waals surface area contributed by atoms with Crippen molar-refractivity contribution in [2.45, 2.75) is 6.92 Å². The molecule has 1 aliphatic heterocycles. The highest BCUT2D eigenvalue weighted by molar-refractivity contribution is 7.22. The van der Waals surface area contributed by atoms with E-state index in [-0.39, 0.29) is 17.2 Å². The van der Waals surface area contributed by atoms with Crippen molar-refractivity contribution in [2.75, 3.05) is 36.5 Å².